The van der Waals surface area contributed by atoms with E-state index in [-0.39, 0.29) is 5.91 Å². The molecule has 0 spiro atoms. The van der Waals surface area contributed by atoms with Crippen LogP contribution in [0.3, 0.4) is 0 Å². The number of hydrogen-bond donors (Lipinski definition) is 1. The highest BCUT2D eigenvalue weighted by Crippen LogP contribution is 2.39. The van der Waals surface area contributed by atoms with Crippen molar-refractivity contribution in [3.05, 3.63) is 16.8 Å². The Balaban J connectivity index is 1.39. The maximum absolute atomic E-state index is 12.2. The number of carbonyl (C=O) groups excluding carboxylic acids is 1. The van der Waals surface area contributed by atoms with Gasteiger partial charge in [0.1, 0.15) is 11.2 Å². The minimum atomic E-state index is 0.0830. The van der Waals surface area contributed by atoms with Crippen LogP contribution in [0.2, 0.25) is 0 Å². The molecule has 0 bridgehead atoms. The van der Waals surface area contributed by atoms with Crippen LogP contribution in [0.5, 0.6) is 0 Å². The van der Waals surface area contributed by atoms with Gasteiger partial charge < -0.3 is 5.32 Å². The molecule has 2 aliphatic rings. The Kier molecular flexibility index (Phi) is 4.55. The lowest BCUT2D eigenvalue weighted by Gasteiger charge is -2.17. The third kappa shape index (κ3) is 3.23. The predicted octanol–water partition coefficient (Wildman–Crippen LogP) is 3.61. The summed E-state index contributed by atoms with van der Waals surface area (Å²) in [6, 6.07) is 0.356. The van der Waals surface area contributed by atoms with Gasteiger partial charge in [-0.1, -0.05) is 31.5 Å². The maximum Gasteiger partial charge on any atom is 0.230 e. The molecule has 3 heterocycles. The fraction of sp³-hybridized carbons (Fsp3) is 0.579. The summed E-state index contributed by atoms with van der Waals surface area (Å²) in [7, 11) is 0. The number of thiophene rings is 1. The third-order valence-electron chi connectivity index (χ3n) is 5.72. The standard InChI is InChI=1S/C19H23N5OS2/c1-11-6-7-13-14(8-11)27-18-16(13)17-22-23-19(24(17)10-20-18)26-9-15(25)21-12-4-2-3-5-12/h10-12H,2-9H2,1H3,(H,21,25)/t11-/m1/s1. The molecule has 27 heavy (non-hydrogen) atoms. The number of aromatic nitrogens is 4. The molecule has 5 rings (SSSR count). The first-order chi connectivity index (χ1) is 13.2. The summed E-state index contributed by atoms with van der Waals surface area (Å²) in [5.41, 5.74) is 2.29. The van der Waals surface area contributed by atoms with Crippen LogP contribution in [0.4, 0.5) is 0 Å². The van der Waals surface area contributed by atoms with Gasteiger partial charge in [-0.05, 0) is 43.6 Å². The fourth-order valence-electron chi connectivity index (χ4n) is 4.29. The fourth-order valence-corrected chi connectivity index (χ4v) is 6.35. The Morgan fingerprint density at radius 2 is 2.19 bits per heavy atom. The number of fused-ring (bicyclic) bond motifs is 5. The first-order valence-corrected chi connectivity index (χ1v) is 11.6. The largest absolute Gasteiger partial charge is 0.353 e. The molecule has 0 unspecified atom stereocenters. The zero-order chi connectivity index (χ0) is 18.4. The Bertz CT molecular complexity index is 1000. The van der Waals surface area contributed by atoms with E-state index in [1.165, 1.54) is 46.9 Å². The van der Waals surface area contributed by atoms with E-state index in [0.29, 0.717) is 11.8 Å². The van der Waals surface area contributed by atoms with Crippen molar-refractivity contribution >= 4 is 44.9 Å². The Morgan fingerprint density at radius 1 is 1.33 bits per heavy atom. The third-order valence-corrected chi connectivity index (χ3v) is 7.83. The number of nitrogens with zero attached hydrogens (tertiary/aromatic N) is 4. The average molecular weight is 402 g/mol. The molecule has 0 aromatic carbocycles. The van der Waals surface area contributed by atoms with Crippen molar-refractivity contribution in [2.75, 3.05) is 5.75 Å². The minimum absolute atomic E-state index is 0.0830. The van der Waals surface area contributed by atoms with Gasteiger partial charge in [-0.15, -0.1) is 21.5 Å². The van der Waals surface area contributed by atoms with E-state index < -0.39 is 0 Å². The number of carbonyl (C=O) groups is 1. The number of nitrogens with one attached hydrogen (secondary N) is 1. The second kappa shape index (κ2) is 7.05. The lowest BCUT2D eigenvalue weighted by atomic mass is 9.89. The number of rotatable bonds is 4. The van der Waals surface area contributed by atoms with Crippen LogP contribution in [-0.4, -0.2) is 37.3 Å². The van der Waals surface area contributed by atoms with Gasteiger partial charge >= 0.3 is 0 Å². The van der Waals surface area contributed by atoms with Crippen molar-refractivity contribution in [2.24, 2.45) is 5.92 Å². The van der Waals surface area contributed by atoms with Crippen molar-refractivity contribution in [2.45, 2.75) is 63.1 Å². The number of hydrogen-bond acceptors (Lipinski definition) is 6. The minimum Gasteiger partial charge on any atom is -0.353 e. The molecule has 0 radical (unpaired) electrons. The second-order valence-electron chi connectivity index (χ2n) is 7.79. The zero-order valence-corrected chi connectivity index (χ0v) is 17.0. The van der Waals surface area contributed by atoms with Gasteiger partial charge in [-0.2, -0.15) is 0 Å². The predicted molar refractivity (Wildman–Crippen MR) is 108 cm³/mol. The van der Waals surface area contributed by atoms with Crippen molar-refractivity contribution in [1.82, 2.24) is 24.9 Å². The van der Waals surface area contributed by atoms with Crippen LogP contribution in [-0.2, 0) is 17.6 Å². The Hall–Kier alpha value is -1.67. The lowest BCUT2D eigenvalue weighted by Crippen LogP contribution is -2.33. The Morgan fingerprint density at radius 3 is 3.04 bits per heavy atom. The van der Waals surface area contributed by atoms with Gasteiger partial charge in [-0.25, -0.2) is 4.98 Å². The van der Waals surface area contributed by atoms with E-state index >= 15 is 0 Å². The topological polar surface area (TPSA) is 72.2 Å². The van der Waals surface area contributed by atoms with E-state index in [9.17, 15) is 4.79 Å². The van der Waals surface area contributed by atoms with Crippen molar-refractivity contribution in [1.29, 1.82) is 0 Å². The van der Waals surface area contributed by atoms with Crippen molar-refractivity contribution in [3.8, 4) is 0 Å². The smallest absolute Gasteiger partial charge is 0.230 e. The van der Waals surface area contributed by atoms with Crippen LogP contribution in [0, 0.1) is 5.92 Å². The lowest BCUT2D eigenvalue weighted by molar-refractivity contribution is -0.119. The molecular weight excluding hydrogens is 378 g/mol. The van der Waals surface area contributed by atoms with Crippen molar-refractivity contribution in [3.63, 3.8) is 0 Å². The number of aryl methyl sites for hydroxylation is 1. The van der Waals surface area contributed by atoms with E-state index in [0.717, 1.165) is 47.2 Å². The molecule has 1 saturated carbocycles. The first-order valence-electron chi connectivity index (χ1n) is 9.75. The molecule has 3 aromatic rings. The number of thioether (sulfide) groups is 1. The molecule has 6 nitrogen and oxygen atoms in total. The van der Waals surface area contributed by atoms with E-state index in [4.69, 9.17) is 0 Å². The molecule has 1 amide bonds. The highest BCUT2D eigenvalue weighted by molar-refractivity contribution is 7.99. The average Bonchev–Trinajstić information content (AvgIpc) is 3.37. The van der Waals surface area contributed by atoms with Crippen LogP contribution in [0.1, 0.15) is 49.5 Å². The van der Waals surface area contributed by atoms with Crippen LogP contribution < -0.4 is 5.32 Å². The molecule has 0 saturated heterocycles. The van der Waals surface area contributed by atoms with E-state index in [1.54, 1.807) is 17.7 Å². The molecular formula is C19H23N5OS2. The summed E-state index contributed by atoms with van der Waals surface area (Å²) in [5.74, 6) is 1.19. The van der Waals surface area contributed by atoms with Crippen LogP contribution in [0.15, 0.2) is 11.5 Å². The highest BCUT2D eigenvalue weighted by Gasteiger charge is 2.24. The monoisotopic (exact) mass is 401 g/mol. The maximum atomic E-state index is 12.2. The second-order valence-corrected chi connectivity index (χ2v) is 9.82. The number of amides is 1. The van der Waals surface area contributed by atoms with Gasteiger partial charge in [-0.3, -0.25) is 9.20 Å². The summed E-state index contributed by atoms with van der Waals surface area (Å²) in [4.78, 5) is 19.4. The summed E-state index contributed by atoms with van der Waals surface area (Å²) in [6.45, 7) is 2.32. The van der Waals surface area contributed by atoms with Gasteiger partial charge in [0.15, 0.2) is 10.8 Å². The molecule has 2 aliphatic carbocycles. The van der Waals surface area contributed by atoms with Crippen molar-refractivity contribution < 1.29 is 4.79 Å². The quantitative estimate of drug-likeness (QED) is 0.676. The van der Waals surface area contributed by atoms with Gasteiger partial charge in [0.25, 0.3) is 0 Å². The van der Waals surface area contributed by atoms with Crippen LogP contribution in [0.25, 0.3) is 15.9 Å². The van der Waals surface area contributed by atoms with E-state index in [2.05, 4.69) is 27.4 Å². The molecule has 8 heteroatoms. The summed E-state index contributed by atoms with van der Waals surface area (Å²) in [5, 5.41) is 13.8. The Labute approximate surface area is 166 Å². The molecule has 0 aliphatic heterocycles. The van der Waals surface area contributed by atoms with E-state index in [1.807, 2.05) is 4.40 Å². The zero-order valence-electron chi connectivity index (χ0n) is 15.4. The highest BCUT2D eigenvalue weighted by atomic mass is 32.2. The normalized spacial score (nSPS) is 20.4. The summed E-state index contributed by atoms with van der Waals surface area (Å²) in [6.07, 6.45) is 9.91. The molecule has 1 N–H and O–H groups in total. The molecule has 1 atom stereocenters. The first kappa shape index (κ1) is 17.4. The molecule has 1 fully saturated rings. The summed E-state index contributed by atoms with van der Waals surface area (Å²) < 4.78 is 1.95. The summed E-state index contributed by atoms with van der Waals surface area (Å²) >= 11 is 3.24. The van der Waals surface area contributed by atoms with Crippen LogP contribution >= 0.6 is 23.1 Å². The SMILES string of the molecule is C[C@@H]1CCc2c(sc3ncn4c(SCC(=O)NC5CCCC5)nnc4c23)C1. The van der Waals surface area contributed by atoms with Gasteiger partial charge in [0.05, 0.1) is 11.1 Å². The molecule has 3 aromatic heterocycles. The molecule has 142 valence electrons. The van der Waals surface area contributed by atoms with Gasteiger partial charge in [0.2, 0.25) is 5.91 Å². The van der Waals surface area contributed by atoms with Gasteiger partial charge in [0, 0.05) is 10.9 Å².